The predicted octanol–water partition coefficient (Wildman–Crippen LogP) is 2.84. The number of aromatic nitrogens is 1. The van der Waals surface area contributed by atoms with Gasteiger partial charge in [-0.3, -0.25) is 4.79 Å². The van der Waals surface area contributed by atoms with E-state index in [2.05, 4.69) is 4.98 Å². The standard InChI is InChI=1S/C20H27FN2O3/c1-13-7-16(21)17(22-10-13)26-15-3-5-20(6-4-15)11-23(12-20)18(24)14-8-19(2,25)9-14/h7,10,14-15,25H,3-6,8-9,11-12H2,1-2H3/t14-,19+. The van der Waals surface area contributed by atoms with Crippen LogP contribution in [0.4, 0.5) is 4.39 Å². The van der Waals surface area contributed by atoms with Crippen molar-refractivity contribution in [3.8, 4) is 5.88 Å². The maximum Gasteiger partial charge on any atom is 0.250 e. The SMILES string of the molecule is Cc1cnc(OC2CCC3(CC2)CN(C(=O)[C@H]2C[C@@](C)(O)C2)C3)c(F)c1. The fourth-order valence-electron chi connectivity index (χ4n) is 4.76. The zero-order chi connectivity index (χ0) is 18.5. The number of nitrogens with zero attached hydrogens (tertiary/aromatic N) is 2. The fourth-order valence-corrected chi connectivity index (χ4v) is 4.76. The molecule has 2 saturated carbocycles. The molecule has 2 heterocycles. The maximum atomic E-state index is 13.9. The maximum absolute atomic E-state index is 13.9. The first-order valence-electron chi connectivity index (χ1n) is 9.55. The molecule has 0 bridgehead atoms. The van der Waals surface area contributed by atoms with Crippen molar-refractivity contribution in [1.29, 1.82) is 0 Å². The number of likely N-dealkylation sites (tertiary alicyclic amines) is 1. The van der Waals surface area contributed by atoms with Gasteiger partial charge < -0.3 is 14.7 Å². The topological polar surface area (TPSA) is 62.7 Å². The van der Waals surface area contributed by atoms with Crippen molar-refractivity contribution in [1.82, 2.24) is 9.88 Å². The summed E-state index contributed by atoms with van der Waals surface area (Å²) < 4.78 is 19.7. The number of amides is 1. The van der Waals surface area contributed by atoms with Crippen molar-refractivity contribution in [3.05, 3.63) is 23.6 Å². The summed E-state index contributed by atoms with van der Waals surface area (Å²) in [6, 6.07) is 1.44. The van der Waals surface area contributed by atoms with Crippen LogP contribution in [0.25, 0.3) is 0 Å². The highest BCUT2D eigenvalue weighted by atomic mass is 19.1. The van der Waals surface area contributed by atoms with E-state index in [1.54, 1.807) is 20.0 Å². The Balaban J connectivity index is 1.25. The molecule has 4 rings (SSSR count). The van der Waals surface area contributed by atoms with Gasteiger partial charge in [-0.1, -0.05) is 0 Å². The Hall–Kier alpha value is -1.69. The van der Waals surface area contributed by atoms with Gasteiger partial charge in [0.1, 0.15) is 6.10 Å². The van der Waals surface area contributed by atoms with Gasteiger partial charge in [0.05, 0.1) is 5.60 Å². The lowest BCUT2D eigenvalue weighted by Gasteiger charge is -2.55. The second kappa shape index (κ2) is 6.19. The molecule has 1 aromatic rings. The van der Waals surface area contributed by atoms with E-state index in [4.69, 9.17) is 4.74 Å². The van der Waals surface area contributed by atoms with E-state index in [-0.39, 0.29) is 29.2 Å². The number of hydrogen-bond acceptors (Lipinski definition) is 4. The van der Waals surface area contributed by atoms with E-state index in [0.29, 0.717) is 12.8 Å². The summed E-state index contributed by atoms with van der Waals surface area (Å²) >= 11 is 0. The van der Waals surface area contributed by atoms with E-state index >= 15 is 0 Å². The van der Waals surface area contributed by atoms with Crippen molar-refractivity contribution in [3.63, 3.8) is 0 Å². The van der Waals surface area contributed by atoms with E-state index in [0.717, 1.165) is 44.3 Å². The Bertz CT molecular complexity index is 697. The number of carbonyl (C=O) groups is 1. The lowest BCUT2D eigenvalue weighted by molar-refractivity contribution is -0.164. The minimum atomic E-state index is -0.655. The number of aryl methyl sites for hydroxylation is 1. The average Bonchev–Trinajstić information content (AvgIpc) is 2.53. The predicted molar refractivity (Wildman–Crippen MR) is 94.2 cm³/mol. The van der Waals surface area contributed by atoms with Gasteiger partial charge in [0.25, 0.3) is 5.88 Å². The van der Waals surface area contributed by atoms with Gasteiger partial charge in [-0.05, 0) is 64.0 Å². The van der Waals surface area contributed by atoms with Gasteiger partial charge in [0.15, 0.2) is 5.82 Å². The molecule has 6 heteroatoms. The van der Waals surface area contributed by atoms with Crippen LogP contribution in [-0.4, -0.2) is 45.7 Å². The number of ether oxygens (including phenoxy) is 1. The molecular formula is C20H27FN2O3. The third kappa shape index (κ3) is 3.31. The average molecular weight is 362 g/mol. The first-order valence-corrected chi connectivity index (χ1v) is 9.55. The van der Waals surface area contributed by atoms with Gasteiger partial charge in [0.2, 0.25) is 5.91 Å². The molecule has 1 aliphatic heterocycles. The highest BCUT2D eigenvalue weighted by molar-refractivity contribution is 5.81. The van der Waals surface area contributed by atoms with Crippen LogP contribution in [0, 0.1) is 24.1 Å². The summed E-state index contributed by atoms with van der Waals surface area (Å²) in [5.74, 6) is -0.106. The zero-order valence-corrected chi connectivity index (χ0v) is 15.5. The molecule has 5 nitrogen and oxygen atoms in total. The van der Waals surface area contributed by atoms with Crippen LogP contribution in [-0.2, 0) is 4.79 Å². The zero-order valence-electron chi connectivity index (χ0n) is 15.5. The molecule has 142 valence electrons. The Morgan fingerprint density at radius 1 is 1.35 bits per heavy atom. The molecule has 2 aliphatic carbocycles. The molecule has 26 heavy (non-hydrogen) atoms. The van der Waals surface area contributed by atoms with E-state index in [9.17, 15) is 14.3 Å². The summed E-state index contributed by atoms with van der Waals surface area (Å²) in [5, 5.41) is 9.82. The highest BCUT2D eigenvalue weighted by Crippen LogP contribution is 2.47. The van der Waals surface area contributed by atoms with Gasteiger partial charge in [-0.2, -0.15) is 0 Å². The Morgan fingerprint density at radius 3 is 2.58 bits per heavy atom. The second-order valence-corrected chi connectivity index (χ2v) is 8.91. The first kappa shape index (κ1) is 17.7. The van der Waals surface area contributed by atoms with Crippen LogP contribution in [0.3, 0.4) is 0 Å². The molecule has 1 aromatic heterocycles. The summed E-state index contributed by atoms with van der Waals surface area (Å²) in [6.45, 7) is 5.22. The summed E-state index contributed by atoms with van der Waals surface area (Å²) in [4.78, 5) is 18.4. The molecule has 0 aromatic carbocycles. The smallest absolute Gasteiger partial charge is 0.250 e. The monoisotopic (exact) mass is 362 g/mol. The van der Waals surface area contributed by atoms with Crippen LogP contribution in [0.2, 0.25) is 0 Å². The van der Waals surface area contributed by atoms with Gasteiger partial charge in [-0.25, -0.2) is 9.37 Å². The quantitative estimate of drug-likeness (QED) is 0.898. The van der Waals surface area contributed by atoms with Crippen molar-refractivity contribution >= 4 is 5.91 Å². The van der Waals surface area contributed by atoms with Gasteiger partial charge in [-0.15, -0.1) is 0 Å². The highest BCUT2D eigenvalue weighted by Gasteiger charge is 2.51. The Kier molecular flexibility index (Phi) is 4.21. The number of hydrogen-bond donors (Lipinski definition) is 1. The van der Waals surface area contributed by atoms with E-state index < -0.39 is 11.4 Å². The van der Waals surface area contributed by atoms with Gasteiger partial charge in [0, 0.05) is 30.6 Å². The van der Waals surface area contributed by atoms with Crippen LogP contribution < -0.4 is 4.74 Å². The van der Waals surface area contributed by atoms with Crippen LogP contribution in [0.1, 0.15) is 51.0 Å². The molecule has 1 amide bonds. The largest absolute Gasteiger partial charge is 0.472 e. The number of pyridine rings is 1. The normalized spacial score (nSPS) is 30.6. The minimum Gasteiger partial charge on any atom is -0.472 e. The second-order valence-electron chi connectivity index (χ2n) is 8.91. The fraction of sp³-hybridized carbons (Fsp3) is 0.700. The molecular weight excluding hydrogens is 335 g/mol. The first-order chi connectivity index (χ1) is 12.3. The lowest BCUT2D eigenvalue weighted by atomic mass is 9.66. The van der Waals surface area contributed by atoms with Gasteiger partial charge >= 0.3 is 0 Å². The van der Waals surface area contributed by atoms with Crippen LogP contribution >= 0.6 is 0 Å². The van der Waals surface area contributed by atoms with E-state index in [1.165, 1.54) is 6.07 Å². The number of rotatable bonds is 3. The van der Waals surface area contributed by atoms with Crippen LogP contribution in [0.15, 0.2) is 12.3 Å². The van der Waals surface area contributed by atoms with Crippen molar-refractivity contribution in [2.45, 2.75) is 64.1 Å². The molecule has 0 unspecified atom stereocenters. The Labute approximate surface area is 153 Å². The summed E-state index contributed by atoms with van der Waals surface area (Å²) in [6.07, 6.45) is 6.52. The molecule has 3 fully saturated rings. The molecule has 0 radical (unpaired) electrons. The van der Waals surface area contributed by atoms with Crippen molar-refractivity contribution in [2.24, 2.45) is 11.3 Å². The lowest BCUT2D eigenvalue weighted by Crippen LogP contribution is -2.63. The molecule has 3 aliphatic rings. The number of carbonyl (C=O) groups excluding carboxylic acids is 1. The van der Waals surface area contributed by atoms with Crippen molar-refractivity contribution < 1.29 is 19.0 Å². The molecule has 1 saturated heterocycles. The number of halogens is 1. The number of aliphatic hydroxyl groups is 1. The molecule has 1 spiro atoms. The third-order valence-corrected chi connectivity index (χ3v) is 6.30. The summed E-state index contributed by atoms with van der Waals surface area (Å²) in [7, 11) is 0. The Morgan fingerprint density at radius 2 is 2.00 bits per heavy atom. The molecule has 0 atom stereocenters. The molecule has 1 N–H and O–H groups in total. The third-order valence-electron chi connectivity index (χ3n) is 6.30. The van der Waals surface area contributed by atoms with Crippen LogP contribution in [0.5, 0.6) is 5.88 Å². The summed E-state index contributed by atoms with van der Waals surface area (Å²) in [5.41, 5.74) is 0.336. The van der Waals surface area contributed by atoms with Crippen molar-refractivity contribution in [2.75, 3.05) is 13.1 Å². The minimum absolute atomic E-state index is 0.00221. The van der Waals surface area contributed by atoms with E-state index in [1.807, 2.05) is 4.90 Å².